The van der Waals surface area contributed by atoms with Crippen LogP contribution >= 0.6 is 0 Å². The van der Waals surface area contributed by atoms with Crippen molar-refractivity contribution in [1.29, 1.82) is 0 Å². The molecule has 0 amide bonds. The van der Waals surface area contributed by atoms with Gasteiger partial charge < -0.3 is 24.2 Å². The van der Waals surface area contributed by atoms with Crippen molar-refractivity contribution < 1.29 is 13.9 Å². The fourth-order valence-electron chi connectivity index (χ4n) is 3.67. The number of imidazole rings is 1. The third-order valence-corrected chi connectivity index (χ3v) is 10.8. The van der Waals surface area contributed by atoms with Crippen molar-refractivity contribution in [2.24, 2.45) is 0 Å². The lowest BCUT2D eigenvalue weighted by molar-refractivity contribution is -0.148. The van der Waals surface area contributed by atoms with Gasteiger partial charge in [-0.3, -0.25) is 0 Å². The van der Waals surface area contributed by atoms with Gasteiger partial charge in [0.15, 0.2) is 25.6 Å². The van der Waals surface area contributed by atoms with Crippen LogP contribution in [0.5, 0.6) is 0 Å². The van der Waals surface area contributed by atoms with E-state index in [2.05, 4.69) is 54.9 Å². The monoisotopic (exact) mass is 417 g/mol. The smallest absolute Gasteiger partial charge is 0.192 e. The second kappa shape index (κ2) is 6.60. The van der Waals surface area contributed by atoms with Gasteiger partial charge in [-0.2, -0.15) is 0 Å². The van der Waals surface area contributed by atoms with Crippen molar-refractivity contribution in [1.82, 2.24) is 19.5 Å². The molecule has 4 rings (SSSR count). The fourth-order valence-corrected chi connectivity index (χ4v) is 4.63. The van der Waals surface area contributed by atoms with Crippen LogP contribution < -0.4 is 5.73 Å². The second-order valence-corrected chi connectivity index (χ2v) is 14.7. The minimum Gasteiger partial charge on any atom is -0.413 e. The van der Waals surface area contributed by atoms with Gasteiger partial charge in [0.25, 0.3) is 0 Å². The van der Waals surface area contributed by atoms with Crippen molar-refractivity contribution in [3.05, 3.63) is 24.3 Å². The molecule has 2 aliphatic rings. The van der Waals surface area contributed by atoms with Crippen LogP contribution in [0.25, 0.3) is 11.2 Å². The number of fused-ring (bicyclic) bond motifs is 2. The maximum atomic E-state index is 6.49. The zero-order chi connectivity index (χ0) is 21.2. The third kappa shape index (κ3) is 3.50. The minimum atomic E-state index is -1.88. The number of aromatic nitrogens is 4. The average molecular weight is 418 g/mol. The Morgan fingerprint density at radius 2 is 1.93 bits per heavy atom. The van der Waals surface area contributed by atoms with Crippen LogP contribution in [0.2, 0.25) is 18.1 Å². The summed E-state index contributed by atoms with van der Waals surface area (Å²) in [5.74, 6) is -0.285. The van der Waals surface area contributed by atoms with Crippen LogP contribution in [0.4, 0.5) is 5.82 Å². The minimum absolute atomic E-state index is 0.0981. The lowest BCUT2D eigenvalue weighted by Gasteiger charge is -2.36. The highest BCUT2D eigenvalue weighted by atomic mass is 28.4. The molecule has 0 unspecified atom stereocenters. The molecule has 1 aliphatic heterocycles. The predicted molar refractivity (Wildman–Crippen MR) is 114 cm³/mol. The molecule has 0 radical (unpaired) electrons. The molecule has 3 heterocycles. The highest BCUT2D eigenvalue weighted by Gasteiger charge is 2.51. The SMILES string of the molecule is CC1(C)O[C@H]2[C@@H](O1)C(CO[Si](C)(C)C(C)(C)C)=C[C@@H]2n1cnc2c(N)ncnc21. The Kier molecular flexibility index (Phi) is 4.65. The van der Waals surface area contributed by atoms with Crippen molar-refractivity contribution in [2.45, 2.75) is 76.8 Å². The Hall–Kier alpha value is -1.81. The summed E-state index contributed by atoms with van der Waals surface area (Å²) in [7, 11) is -1.88. The number of nitrogen functional groups attached to an aromatic ring is 1. The molecule has 29 heavy (non-hydrogen) atoms. The molecular formula is C20H31N5O3Si. The van der Waals surface area contributed by atoms with E-state index in [4.69, 9.17) is 19.6 Å². The molecule has 3 atom stereocenters. The van der Waals surface area contributed by atoms with Gasteiger partial charge in [0.2, 0.25) is 0 Å². The number of hydrogen-bond acceptors (Lipinski definition) is 7. The highest BCUT2D eigenvalue weighted by molar-refractivity contribution is 6.74. The third-order valence-electron chi connectivity index (χ3n) is 6.33. The van der Waals surface area contributed by atoms with E-state index in [-0.39, 0.29) is 23.3 Å². The summed E-state index contributed by atoms with van der Waals surface area (Å²) in [5.41, 5.74) is 8.37. The topological polar surface area (TPSA) is 97.3 Å². The van der Waals surface area contributed by atoms with Gasteiger partial charge in [0.05, 0.1) is 19.0 Å². The maximum Gasteiger partial charge on any atom is 0.192 e. The van der Waals surface area contributed by atoms with E-state index in [0.717, 1.165) is 5.57 Å². The Bertz CT molecular complexity index is 963. The van der Waals surface area contributed by atoms with Crippen LogP contribution in [0.1, 0.15) is 40.7 Å². The van der Waals surface area contributed by atoms with Crippen LogP contribution in [-0.2, 0) is 13.9 Å². The first-order valence-electron chi connectivity index (χ1n) is 10.0. The van der Waals surface area contributed by atoms with Gasteiger partial charge in [-0.1, -0.05) is 26.8 Å². The lowest BCUT2D eigenvalue weighted by atomic mass is 10.1. The van der Waals surface area contributed by atoms with Gasteiger partial charge in [-0.25, -0.2) is 15.0 Å². The quantitative estimate of drug-likeness (QED) is 0.601. The summed E-state index contributed by atoms with van der Waals surface area (Å²) in [4.78, 5) is 12.9. The summed E-state index contributed by atoms with van der Waals surface area (Å²) >= 11 is 0. The zero-order valence-electron chi connectivity index (χ0n) is 18.3. The van der Waals surface area contributed by atoms with Crippen molar-refractivity contribution in [3.63, 3.8) is 0 Å². The van der Waals surface area contributed by atoms with E-state index >= 15 is 0 Å². The first-order valence-corrected chi connectivity index (χ1v) is 12.9. The van der Waals surface area contributed by atoms with Crippen LogP contribution in [0.3, 0.4) is 0 Å². The zero-order valence-corrected chi connectivity index (χ0v) is 19.3. The van der Waals surface area contributed by atoms with Gasteiger partial charge >= 0.3 is 0 Å². The standard InChI is InChI=1S/C20H31N5O3Si/c1-19(2,3)29(6,7)26-9-12-8-13(16-15(12)27-20(4,5)28-16)25-11-24-14-17(21)22-10-23-18(14)25/h8,10-11,13,15-16H,9H2,1-7H3,(H2,21,22,23)/t13-,15-,16+/m0/s1. The Labute approximate surface area is 172 Å². The van der Waals surface area contributed by atoms with Gasteiger partial charge in [0.1, 0.15) is 24.1 Å². The molecule has 0 spiro atoms. The molecule has 9 heteroatoms. The number of nitrogens with two attached hydrogens (primary N) is 1. The summed E-state index contributed by atoms with van der Waals surface area (Å²) in [5, 5.41) is 0.145. The molecule has 2 aromatic heterocycles. The molecular weight excluding hydrogens is 386 g/mol. The fraction of sp³-hybridized carbons (Fsp3) is 0.650. The highest BCUT2D eigenvalue weighted by Crippen LogP contribution is 2.45. The van der Waals surface area contributed by atoms with E-state index in [1.807, 2.05) is 18.4 Å². The summed E-state index contributed by atoms with van der Waals surface area (Å²) in [6.45, 7) is 15.7. The number of anilines is 1. The van der Waals surface area contributed by atoms with Gasteiger partial charge in [-0.05, 0) is 37.6 Å². The molecule has 0 saturated carbocycles. The second-order valence-electron chi connectivity index (χ2n) is 9.88. The molecule has 2 N–H and O–H groups in total. The van der Waals surface area contributed by atoms with E-state index in [0.29, 0.717) is 23.6 Å². The molecule has 8 nitrogen and oxygen atoms in total. The van der Waals surface area contributed by atoms with Crippen molar-refractivity contribution in [2.75, 3.05) is 12.3 Å². The molecule has 0 aromatic carbocycles. The molecule has 158 valence electrons. The largest absolute Gasteiger partial charge is 0.413 e. The number of rotatable bonds is 4. The number of hydrogen-bond donors (Lipinski definition) is 1. The van der Waals surface area contributed by atoms with Crippen molar-refractivity contribution in [3.8, 4) is 0 Å². The van der Waals surface area contributed by atoms with Crippen LogP contribution in [0.15, 0.2) is 24.3 Å². The Morgan fingerprint density at radius 3 is 2.62 bits per heavy atom. The summed E-state index contributed by atoms with van der Waals surface area (Å²) in [6.07, 6.45) is 5.06. The summed E-state index contributed by atoms with van der Waals surface area (Å²) < 4.78 is 21.0. The van der Waals surface area contributed by atoms with Crippen LogP contribution in [-0.4, -0.2) is 52.4 Å². The Morgan fingerprint density at radius 1 is 1.21 bits per heavy atom. The lowest BCUT2D eigenvalue weighted by Crippen LogP contribution is -2.41. The molecule has 1 aliphatic carbocycles. The predicted octanol–water partition coefficient (Wildman–Crippen LogP) is 3.43. The van der Waals surface area contributed by atoms with Crippen molar-refractivity contribution >= 4 is 25.3 Å². The maximum absolute atomic E-state index is 6.49. The summed E-state index contributed by atoms with van der Waals surface area (Å²) in [6, 6.07) is -0.0981. The van der Waals surface area contributed by atoms with Crippen LogP contribution in [0, 0.1) is 0 Å². The van der Waals surface area contributed by atoms with E-state index in [1.165, 1.54) is 6.33 Å². The average Bonchev–Trinajstić information content (AvgIpc) is 3.24. The first kappa shape index (κ1) is 20.5. The Balaban J connectivity index is 1.67. The number of ether oxygens (including phenoxy) is 2. The molecule has 1 saturated heterocycles. The van der Waals surface area contributed by atoms with E-state index in [1.54, 1.807) is 6.33 Å². The van der Waals surface area contributed by atoms with E-state index in [9.17, 15) is 0 Å². The first-order chi connectivity index (χ1) is 13.4. The van der Waals surface area contributed by atoms with Gasteiger partial charge in [-0.15, -0.1) is 0 Å². The molecule has 1 fully saturated rings. The normalized spacial score (nSPS) is 26.7. The van der Waals surface area contributed by atoms with Gasteiger partial charge in [0, 0.05) is 0 Å². The molecule has 0 bridgehead atoms. The molecule has 2 aromatic rings. The number of nitrogens with zero attached hydrogens (tertiary/aromatic N) is 4. The van der Waals surface area contributed by atoms with E-state index < -0.39 is 14.1 Å².